The number of hydrogen-bond donors (Lipinski definition) is 3. The van der Waals surface area contributed by atoms with Crippen LogP contribution in [0.4, 0.5) is 0 Å². The Bertz CT molecular complexity index is 2150. The van der Waals surface area contributed by atoms with Gasteiger partial charge in [0.25, 0.3) is 5.91 Å². The van der Waals surface area contributed by atoms with Crippen LogP contribution in [0.15, 0.2) is 103 Å². The number of aryl methyl sites for hydroxylation is 1. The number of nitrogens with one attached hydrogen (secondary N) is 1. The normalized spacial score (nSPS) is 19.4. The Morgan fingerprint density at radius 2 is 1.80 bits per heavy atom. The number of rotatable bonds is 15. The van der Waals surface area contributed by atoms with Crippen molar-refractivity contribution in [2.45, 2.75) is 68.9 Å². The van der Waals surface area contributed by atoms with Crippen LogP contribution in [0.5, 0.6) is 0 Å². The van der Waals surface area contributed by atoms with Gasteiger partial charge in [0.2, 0.25) is 11.4 Å². The maximum Gasteiger partial charge on any atom is 0.419 e. The molecule has 14 heteroatoms. The summed E-state index contributed by atoms with van der Waals surface area (Å²) in [6.45, 7) is 2.09. The predicted molar refractivity (Wildman–Crippen MR) is 207 cm³/mol. The highest BCUT2D eigenvalue weighted by molar-refractivity contribution is 7.12. The molecule has 282 valence electrons. The Labute approximate surface area is 319 Å². The predicted octanol–water partition coefficient (Wildman–Crippen LogP) is 4.30. The summed E-state index contributed by atoms with van der Waals surface area (Å²) in [5, 5.41) is 29.3. The first-order chi connectivity index (χ1) is 26.1. The number of amides is 1. The summed E-state index contributed by atoms with van der Waals surface area (Å²) >= 11 is 2.67. The molecule has 3 N–H and O–H groups in total. The molecule has 3 aliphatic rings. The first-order valence-electron chi connectivity index (χ1n) is 18.1. The summed E-state index contributed by atoms with van der Waals surface area (Å²) in [6, 6.07) is 13.2. The summed E-state index contributed by atoms with van der Waals surface area (Å²) < 4.78 is 13.2. The van der Waals surface area contributed by atoms with Crippen LogP contribution < -0.4 is 11.1 Å². The van der Waals surface area contributed by atoms with E-state index in [0.717, 1.165) is 36.9 Å². The number of hydrogen-bond acceptors (Lipinski definition) is 12. The Hall–Kier alpha value is -4.57. The van der Waals surface area contributed by atoms with Crippen molar-refractivity contribution in [1.82, 2.24) is 14.8 Å². The minimum Gasteiger partial charge on any atom is -0.460 e. The van der Waals surface area contributed by atoms with Gasteiger partial charge in [-0.1, -0.05) is 24.3 Å². The van der Waals surface area contributed by atoms with E-state index in [2.05, 4.69) is 22.3 Å². The number of carbonyl (C=O) groups is 3. The lowest BCUT2D eigenvalue weighted by atomic mass is 9.89. The molecule has 0 radical (unpaired) electrons. The number of ketones is 1. The summed E-state index contributed by atoms with van der Waals surface area (Å²) in [5.74, 6) is -1.88. The molecular formula is C40H42N4O8S2. The van der Waals surface area contributed by atoms with Crippen molar-refractivity contribution in [2.24, 2.45) is 4.99 Å². The highest BCUT2D eigenvalue weighted by atomic mass is 32.1. The van der Waals surface area contributed by atoms with Gasteiger partial charge in [0.05, 0.1) is 21.4 Å². The van der Waals surface area contributed by atoms with E-state index < -0.39 is 29.3 Å². The van der Waals surface area contributed by atoms with Crippen molar-refractivity contribution in [3.63, 3.8) is 0 Å². The molecule has 54 heavy (non-hydrogen) atoms. The second-order valence-corrected chi connectivity index (χ2v) is 15.7. The Morgan fingerprint density at radius 1 is 1.06 bits per heavy atom. The molecule has 1 atom stereocenters. The van der Waals surface area contributed by atoms with Crippen LogP contribution in [0.3, 0.4) is 0 Å². The molecule has 12 nitrogen and oxygen atoms in total. The van der Waals surface area contributed by atoms with E-state index >= 15 is 0 Å². The van der Waals surface area contributed by atoms with Crippen LogP contribution >= 0.6 is 22.7 Å². The van der Waals surface area contributed by atoms with Gasteiger partial charge >= 0.3 is 11.7 Å². The van der Waals surface area contributed by atoms with Gasteiger partial charge in [-0.2, -0.15) is 0 Å². The molecule has 7 rings (SSSR count). The molecule has 4 heterocycles. The van der Waals surface area contributed by atoms with E-state index in [1.54, 1.807) is 22.8 Å². The van der Waals surface area contributed by atoms with Crippen LogP contribution in [0.1, 0.15) is 47.4 Å². The number of carbonyl (C=O) groups excluding carboxylic acids is 3. The number of aliphatic imine (C=N–C) groups is 1. The maximum atomic E-state index is 13.4. The smallest absolute Gasteiger partial charge is 0.419 e. The van der Waals surface area contributed by atoms with Gasteiger partial charge in [0, 0.05) is 30.8 Å². The fraction of sp³-hybridized carbons (Fsp3) is 0.375. The molecule has 0 saturated heterocycles. The van der Waals surface area contributed by atoms with E-state index in [1.165, 1.54) is 40.9 Å². The van der Waals surface area contributed by atoms with Crippen molar-refractivity contribution >= 4 is 57.1 Å². The number of fused-ring (bicyclic) bond motifs is 2. The first kappa shape index (κ1) is 37.7. The number of oxazole rings is 1. The molecule has 4 aromatic rings. The first-order valence-corrected chi connectivity index (χ1v) is 19.9. The van der Waals surface area contributed by atoms with Gasteiger partial charge in [-0.05, 0) is 117 Å². The summed E-state index contributed by atoms with van der Waals surface area (Å²) in [5.41, 5.74) is 1.49. The van der Waals surface area contributed by atoms with Crippen molar-refractivity contribution in [2.75, 3.05) is 26.7 Å². The lowest BCUT2D eigenvalue weighted by molar-refractivity contribution is -0.169. The molecule has 3 aromatic heterocycles. The van der Waals surface area contributed by atoms with Gasteiger partial charge in [-0.15, -0.1) is 22.7 Å². The zero-order chi connectivity index (χ0) is 37.8. The summed E-state index contributed by atoms with van der Waals surface area (Å²) in [4.78, 5) is 57.2. The van der Waals surface area contributed by atoms with Crippen molar-refractivity contribution in [1.29, 1.82) is 0 Å². The summed E-state index contributed by atoms with van der Waals surface area (Å²) in [7, 11) is 2.09. The van der Waals surface area contributed by atoms with E-state index in [9.17, 15) is 29.4 Å². The molecule has 0 spiro atoms. The molecule has 1 amide bonds. The molecule has 1 saturated carbocycles. The number of dihydropyridines is 1. The lowest BCUT2D eigenvalue weighted by Gasteiger charge is -2.35. The third-order valence-electron chi connectivity index (χ3n) is 10.3. The average molecular weight is 771 g/mol. The molecule has 1 aliphatic heterocycles. The number of ether oxygens (including phenoxy) is 1. The van der Waals surface area contributed by atoms with Crippen molar-refractivity contribution in [3.05, 3.63) is 115 Å². The van der Waals surface area contributed by atoms with Crippen LogP contribution in [0.2, 0.25) is 0 Å². The second-order valence-electron chi connectivity index (χ2n) is 13.8. The quantitative estimate of drug-likeness (QED) is 0.0903. The minimum absolute atomic E-state index is 0.0584. The number of benzene rings is 1. The van der Waals surface area contributed by atoms with Gasteiger partial charge in [-0.25, -0.2) is 14.6 Å². The maximum absolute atomic E-state index is 13.4. The number of aliphatic hydroxyl groups excluding tert-OH is 1. The Balaban J connectivity index is 0.857. The monoisotopic (exact) mass is 770 g/mol. The van der Waals surface area contributed by atoms with E-state index in [-0.39, 0.29) is 24.1 Å². The fourth-order valence-electron chi connectivity index (χ4n) is 7.34. The van der Waals surface area contributed by atoms with Crippen LogP contribution in [-0.2, 0) is 37.7 Å². The highest BCUT2D eigenvalue weighted by Crippen LogP contribution is 2.38. The standard InChI is InChI=1S/C40H42N4O8S2/c1-43(26-8-10-27(11-9-26)51-38(48)40(50,34-5-2-21-53-34)35-6-3-22-54-35)19-4-20-44-30-14-7-25(23-33(30)52-39(44)49)17-18-41-24-32(46)28-12-15-31(45)37-29(28)13-16-36(47)42-37/h2-3,5-7,12-16,21-23,26-27,32,41,46,50H,4,8-11,17-20,24H2,1H3/t26?,27?,32-/m0/s1. The van der Waals surface area contributed by atoms with E-state index in [1.807, 2.05) is 41.1 Å². The average Bonchev–Trinajstić information content (AvgIpc) is 3.97. The van der Waals surface area contributed by atoms with Gasteiger partial charge < -0.3 is 29.6 Å². The van der Waals surface area contributed by atoms with Gasteiger partial charge in [0.1, 0.15) is 11.8 Å². The number of thiophene rings is 2. The molecule has 1 aromatic carbocycles. The Morgan fingerprint density at radius 3 is 2.50 bits per heavy atom. The van der Waals surface area contributed by atoms with Crippen LogP contribution in [-0.4, -0.2) is 88.0 Å². The zero-order valence-corrected chi connectivity index (χ0v) is 31.4. The number of aliphatic hydroxyl groups is 2. The molecular weight excluding hydrogens is 729 g/mol. The molecule has 1 fully saturated rings. The third kappa shape index (κ3) is 7.95. The lowest BCUT2D eigenvalue weighted by Crippen LogP contribution is -2.42. The highest BCUT2D eigenvalue weighted by Gasteiger charge is 2.45. The van der Waals surface area contributed by atoms with Crippen LogP contribution in [0.25, 0.3) is 11.1 Å². The van der Waals surface area contributed by atoms with E-state index in [0.29, 0.717) is 64.9 Å². The Kier molecular flexibility index (Phi) is 11.5. The largest absolute Gasteiger partial charge is 0.460 e. The van der Waals surface area contributed by atoms with Crippen molar-refractivity contribution in [3.8, 4) is 0 Å². The minimum atomic E-state index is -1.80. The fourth-order valence-corrected chi connectivity index (χ4v) is 9.05. The van der Waals surface area contributed by atoms with Gasteiger partial charge in [0.15, 0.2) is 5.58 Å². The van der Waals surface area contributed by atoms with Crippen molar-refractivity contribution < 1.29 is 33.8 Å². The number of allylic oxidation sites excluding steroid dienone is 3. The van der Waals surface area contributed by atoms with Gasteiger partial charge in [-0.3, -0.25) is 14.2 Å². The number of aromatic nitrogens is 1. The topological polar surface area (TPSA) is 164 Å². The van der Waals surface area contributed by atoms with Crippen LogP contribution in [0, 0.1) is 0 Å². The number of esters is 1. The molecule has 0 bridgehead atoms. The van der Waals surface area contributed by atoms with E-state index in [4.69, 9.17) is 9.15 Å². The summed E-state index contributed by atoms with van der Waals surface area (Å²) in [6.07, 6.45) is 9.07. The second kappa shape index (κ2) is 16.4. The SMILES string of the molecule is CN(CCCn1c(=O)oc2cc(CCNC[C@H](O)C3=C4C=CC(=O)N=C4C(=O)C=C3)ccc21)C1CCC(OC(=O)C(O)(c2cccs2)c2cccs2)CC1. The number of nitrogens with zero attached hydrogens (tertiary/aromatic N) is 3. The molecule has 2 aliphatic carbocycles. The zero-order valence-electron chi connectivity index (χ0n) is 29.8. The molecule has 0 unspecified atom stereocenters. The third-order valence-corrected chi connectivity index (χ3v) is 12.3.